The van der Waals surface area contributed by atoms with Gasteiger partial charge in [-0.05, 0) is 37.1 Å². The van der Waals surface area contributed by atoms with Gasteiger partial charge in [0.1, 0.15) is 11.7 Å². The van der Waals surface area contributed by atoms with Crippen LogP contribution in [0.1, 0.15) is 36.7 Å². The first-order chi connectivity index (χ1) is 9.27. The molecule has 19 heavy (non-hydrogen) atoms. The minimum Gasteiger partial charge on any atom is -0.385 e. The lowest BCUT2D eigenvalue weighted by Crippen LogP contribution is -2.33. The fourth-order valence-electron chi connectivity index (χ4n) is 2.71. The van der Waals surface area contributed by atoms with Crippen molar-refractivity contribution in [2.75, 3.05) is 20.3 Å². The van der Waals surface area contributed by atoms with Crippen molar-refractivity contribution in [2.24, 2.45) is 0 Å². The smallest absolute Gasteiger partial charge is 0.244 e. The maximum atomic E-state index is 12.5. The number of hydrogen-bond acceptors (Lipinski definition) is 4. The molecule has 1 saturated heterocycles. The number of thiophene rings is 1. The number of unbranched alkanes of at least 4 members (excludes halogenated alkanes) is 1. The number of rotatable bonds is 6. The van der Waals surface area contributed by atoms with Gasteiger partial charge in [-0.1, -0.05) is 6.07 Å². The van der Waals surface area contributed by atoms with Gasteiger partial charge < -0.3 is 9.64 Å². The van der Waals surface area contributed by atoms with Crippen LogP contribution in [0.3, 0.4) is 0 Å². The first-order valence-corrected chi connectivity index (χ1v) is 7.76. The lowest BCUT2D eigenvalue weighted by Gasteiger charge is -2.23. The molecule has 1 aliphatic heterocycles. The molecule has 0 bridgehead atoms. The van der Waals surface area contributed by atoms with Crippen LogP contribution in [0, 0.1) is 0 Å². The largest absolute Gasteiger partial charge is 0.385 e. The summed E-state index contributed by atoms with van der Waals surface area (Å²) >= 11 is 1.72. The number of carbonyl (C=O) groups excluding carboxylic acids is 1. The number of nitrogens with zero attached hydrogens (tertiary/aromatic N) is 1. The summed E-state index contributed by atoms with van der Waals surface area (Å²) in [4.78, 5) is 15.8. The molecule has 1 aliphatic carbocycles. The van der Waals surface area contributed by atoms with Crippen LogP contribution < -0.4 is 5.32 Å². The van der Waals surface area contributed by atoms with Gasteiger partial charge in [-0.25, -0.2) is 0 Å². The molecular weight excluding hydrogens is 260 g/mol. The highest BCUT2D eigenvalue weighted by Gasteiger charge is 2.59. The van der Waals surface area contributed by atoms with Gasteiger partial charge in [0.2, 0.25) is 5.91 Å². The summed E-state index contributed by atoms with van der Waals surface area (Å²) in [6.07, 6.45) is 4.06. The SMILES string of the molecule is COCCCCN1C(=O)C2(CC2)NC1c1cccs1. The second kappa shape index (κ2) is 5.23. The van der Waals surface area contributed by atoms with Gasteiger partial charge in [0.05, 0.1) is 0 Å². The van der Waals surface area contributed by atoms with Crippen LogP contribution in [-0.2, 0) is 9.53 Å². The molecule has 0 aromatic carbocycles. The molecule has 1 amide bonds. The Bertz CT molecular complexity index is 442. The maximum Gasteiger partial charge on any atom is 0.244 e. The van der Waals surface area contributed by atoms with E-state index in [1.807, 2.05) is 11.0 Å². The van der Waals surface area contributed by atoms with E-state index in [-0.39, 0.29) is 11.7 Å². The standard InChI is InChI=1S/C14H20N2O2S/c1-18-9-3-2-8-16-12(11-5-4-10-19-11)15-14(6-7-14)13(16)17/h4-5,10,12,15H,2-3,6-9H2,1H3. The highest BCUT2D eigenvalue weighted by atomic mass is 32.1. The van der Waals surface area contributed by atoms with Crippen molar-refractivity contribution in [3.05, 3.63) is 22.4 Å². The zero-order valence-electron chi connectivity index (χ0n) is 11.2. The van der Waals surface area contributed by atoms with Crippen LogP contribution in [0.2, 0.25) is 0 Å². The molecule has 0 radical (unpaired) electrons. The summed E-state index contributed by atoms with van der Waals surface area (Å²) in [5.41, 5.74) is -0.226. The first-order valence-electron chi connectivity index (χ1n) is 6.88. The van der Waals surface area contributed by atoms with E-state index in [1.165, 1.54) is 4.88 Å². The molecule has 2 fully saturated rings. The molecule has 2 aliphatic rings. The lowest BCUT2D eigenvalue weighted by molar-refractivity contribution is -0.130. The Morgan fingerprint density at radius 2 is 2.37 bits per heavy atom. The van der Waals surface area contributed by atoms with E-state index in [9.17, 15) is 4.79 Å². The molecule has 1 spiro atoms. The highest BCUT2D eigenvalue weighted by Crippen LogP contribution is 2.46. The zero-order valence-corrected chi connectivity index (χ0v) is 12.0. The average Bonchev–Trinajstić information content (AvgIpc) is 2.89. The quantitative estimate of drug-likeness (QED) is 0.812. The van der Waals surface area contributed by atoms with Crippen molar-refractivity contribution < 1.29 is 9.53 Å². The van der Waals surface area contributed by atoms with Crippen molar-refractivity contribution in [1.82, 2.24) is 10.2 Å². The van der Waals surface area contributed by atoms with Crippen LogP contribution in [0.4, 0.5) is 0 Å². The Kier molecular flexibility index (Phi) is 3.60. The third-order valence-electron chi connectivity index (χ3n) is 3.96. The van der Waals surface area contributed by atoms with Gasteiger partial charge in [0, 0.05) is 25.1 Å². The van der Waals surface area contributed by atoms with Gasteiger partial charge in [-0.3, -0.25) is 10.1 Å². The van der Waals surface area contributed by atoms with Crippen molar-refractivity contribution in [2.45, 2.75) is 37.4 Å². The van der Waals surface area contributed by atoms with E-state index in [4.69, 9.17) is 4.74 Å². The molecular formula is C14H20N2O2S. The predicted octanol–water partition coefficient (Wildman–Crippen LogP) is 2.14. The highest BCUT2D eigenvalue weighted by molar-refractivity contribution is 7.10. The van der Waals surface area contributed by atoms with Gasteiger partial charge in [-0.2, -0.15) is 0 Å². The zero-order chi connectivity index (χ0) is 13.3. The molecule has 1 unspecified atom stereocenters. The van der Waals surface area contributed by atoms with E-state index in [2.05, 4.69) is 16.8 Å². The van der Waals surface area contributed by atoms with E-state index in [0.29, 0.717) is 5.91 Å². The van der Waals surface area contributed by atoms with Gasteiger partial charge >= 0.3 is 0 Å². The molecule has 3 rings (SSSR count). The van der Waals surface area contributed by atoms with Crippen LogP contribution in [0.5, 0.6) is 0 Å². The van der Waals surface area contributed by atoms with E-state index < -0.39 is 0 Å². The van der Waals surface area contributed by atoms with Gasteiger partial charge in [0.25, 0.3) is 0 Å². The summed E-state index contributed by atoms with van der Waals surface area (Å²) < 4.78 is 5.07. The number of ether oxygens (including phenoxy) is 1. The Morgan fingerprint density at radius 1 is 1.53 bits per heavy atom. The third-order valence-corrected chi connectivity index (χ3v) is 4.88. The Morgan fingerprint density at radius 3 is 3.00 bits per heavy atom. The fraction of sp³-hybridized carbons (Fsp3) is 0.643. The molecule has 104 valence electrons. The molecule has 2 heterocycles. The van der Waals surface area contributed by atoms with E-state index in [1.54, 1.807) is 18.4 Å². The summed E-state index contributed by atoms with van der Waals surface area (Å²) in [7, 11) is 1.72. The monoisotopic (exact) mass is 280 g/mol. The van der Waals surface area contributed by atoms with E-state index in [0.717, 1.165) is 38.8 Å². The summed E-state index contributed by atoms with van der Waals surface area (Å²) in [5.74, 6) is 0.295. The lowest BCUT2D eigenvalue weighted by atomic mass is 10.2. The second-order valence-corrected chi connectivity index (χ2v) is 6.32. The number of carbonyl (C=O) groups is 1. The summed E-state index contributed by atoms with van der Waals surface area (Å²) in [6.45, 7) is 1.59. The van der Waals surface area contributed by atoms with Crippen LogP contribution in [0.15, 0.2) is 17.5 Å². The van der Waals surface area contributed by atoms with Gasteiger partial charge in [-0.15, -0.1) is 11.3 Å². The first kappa shape index (κ1) is 13.1. The molecule has 4 nitrogen and oxygen atoms in total. The second-order valence-electron chi connectivity index (χ2n) is 5.34. The Labute approximate surface area is 117 Å². The Balaban J connectivity index is 1.68. The maximum absolute atomic E-state index is 12.5. The number of amides is 1. The summed E-state index contributed by atoms with van der Waals surface area (Å²) in [5, 5.41) is 5.61. The fourth-order valence-corrected chi connectivity index (χ4v) is 3.49. The van der Waals surface area contributed by atoms with Crippen molar-refractivity contribution in [1.29, 1.82) is 0 Å². The minimum atomic E-state index is -0.226. The van der Waals surface area contributed by atoms with Crippen LogP contribution in [0.25, 0.3) is 0 Å². The molecule has 1 N–H and O–H groups in total. The molecule has 5 heteroatoms. The normalized spacial score (nSPS) is 24.4. The average molecular weight is 280 g/mol. The van der Waals surface area contributed by atoms with Crippen molar-refractivity contribution >= 4 is 17.2 Å². The summed E-state index contributed by atoms with van der Waals surface area (Å²) in [6, 6.07) is 4.16. The van der Waals surface area contributed by atoms with Crippen molar-refractivity contribution in [3.8, 4) is 0 Å². The van der Waals surface area contributed by atoms with E-state index >= 15 is 0 Å². The van der Waals surface area contributed by atoms with Crippen LogP contribution >= 0.6 is 11.3 Å². The molecule has 1 aromatic rings. The molecule has 1 saturated carbocycles. The predicted molar refractivity (Wildman–Crippen MR) is 75.0 cm³/mol. The minimum absolute atomic E-state index is 0.0811. The Hall–Kier alpha value is -0.910. The molecule has 1 atom stereocenters. The number of methoxy groups -OCH3 is 1. The van der Waals surface area contributed by atoms with Crippen molar-refractivity contribution in [3.63, 3.8) is 0 Å². The molecule has 1 aromatic heterocycles. The third kappa shape index (κ3) is 2.42. The van der Waals surface area contributed by atoms with Crippen LogP contribution in [-0.4, -0.2) is 36.6 Å². The number of nitrogens with one attached hydrogen (secondary N) is 1. The van der Waals surface area contributed by atoms with Gasteiger partial charge in [0.15, 0.2) is 0 Å². The topological polar surface area (TPSA) is 41.6 Å². The number of hydrogen-bond donors (Lipinski definition) is 1.